The summed E-state index contributed by atoms with van der Waals surface area (Å²) >= 11 is 0. The zero-order valence-corrected chi connectivity index (χ0v) is 32.2. The molecule has 10 rings (SSSR count). The summed E-state index contributed by atoms with van der Waals surface area (Å²) < 4.78 is 0. The van der Waals surface area contributed by atoms with Crippen LogP contribution in [0.4, 0.5) is 17.1 Å². The van der Waals surface area contributed by atoms with Gasteiger partial charge in [-0.2, -0.15) is 0 Å². The summed E-state index contributed by atoms with van der Waals surface area (Å²) in [6.07, 6.45) is 0. The first-order chi connectivity index (χ1) is 29.2. The van der Waals surface area contributed by atoms with E-state index >= 15 is 0 Å². The lowest BCUT2D eigenvalue weighted by Gasteiger charge is -2.28. The van der Waals surface area contributed by atoms with Crippen LogP contribution in [0.5, 0.6) is 0 Å². The monoisotopic (exact) mass is 754 g/mol. The first-order valence-electron chi connectivity index (χ1n) is 19.9. The largest absolute Gasteiger partial charge is 0.310 e. The molecule has 0 saturated heterocycles. The van der Waals surface area contributed by atoms with Gasteiger partial charge in [0.2, 0.25) is 0 Å². The summed E-state index contributed by atoms with van der Waals surface area (Å²) in [5.41, 5.74) is 13.0. The number of benzene rings is 9. The second-order valence-electron chi connectivity index (χ2n) is 14.5. The Labute approximate surface area is 344 Å². The number of hydrogen-bond acceptors (Lipinski definition) is 4. The molecule has 1 heterocycles. The second-order valence-corrected chi connectivity index (χ2v) is 14.5. The molecule has 4 nitrogen and oxygen atoms in total. The molecule has 0 aliphatic carbocycles. The zero-order chi connectivity index (χ0) is 39.4. The molecule has 0 aliphatic rings. The molecule has 4 heteroatoms. The average molecular weight is 755 g/mol. The van der Waals surface area contributed by atoms with Crippen molar-refractivity contribution in [1.82, 2.24) is 15.0 Å². The summed E-state index contributed by atoms with van der Waals surface area (Å²) in [7, 11) is 0. The molecule has 0 atom stereocenters. The fourth-order valence-corrected chi connectivity index (χ4v) is 7.80. The van der Waals surface area contributed by atoms with E-state index in [-0.39, 0.29) is 0 Å². The van der Waals surface area contributed by atoms with Gasteiger partial charge in [0.25, 0.3) is 0 Å². The van der Waals surface area contributed by atoms with Crippen LogP contribution in [0.2, 0.25) is 0 Å². The molecule has 0 saturated carbocycles. The maximum absolute atomic E-state index is 4.98. The summed E-state index contributed by atoms with van der Waals surface area (Å²) in [6, 6.07) is 80.8. The van der Waals surface area contributed by atoms with Gasteiger partial charge in [0.15, 0.2) is 17.5 Å². The number of para-hydroxylation sites is 1. The van der Waals surface area contributed by atoms with Gasteiger partial charge in [-0.3, -0.25) is 0 Å². The number of fused-ring (bicyclic) bond motifs is 1. The van der Waals surface area contributed by atoms with Crippen molar-refractivity contribution < 1.29 is 0 Å². The third kappa shape index (κ3) is 7.27. The Hall–Kier alpha value is -7.95. The van der Waals surface area contributed by atoms with Crippen LogP contribution in [0, 0.1) is 0 Å². The Bertz CT molecular complexity index is 2960. The van der Waals surface area contributed by atoms with Crippen LogP contribution in [0.25, 0.3) is 78.3 Å². The molecule has 0 unspecified atom stereocenters. The molecular formula is C55H38N4. The highest BCUT2D eigenvalue weighted by molar-refractivity contribution is 5.97. The minimum atomic E-state index is 0.631. The molecule has 0 fully saturated rings. The van der Waals surface area contributed by atoms with E-state index in [9.17, 15) is 0 Å². The first-order valence-corrected chi connectivity index (χ1v) is 19.9. The van der Waals surface area contributed by atoms with E-state index in [4.69, 9.17) is 15.0 Å². The lowest BCUT2D eigenvalue weighted by Crippen LogP contribution is -2.11. The van der Waals surface area contributed by atoms with Crippen molar-refractivity contribution >= 4 is 27.8 Å². The van der Waals surface area contributed by atoms with Gasteiger partial charge in [-0.05, 0) is 75.0 Å². The number of rotatable bonds is 9. The highest BCUT2D eigenvalue weighted by atomic mass is 15.1. The summed E-state index contributed by atoms with van der Waals surface area (Å²) in [5.74, 6) is 1.92. The number of hydrogen-bond donors (Lipinski definition) is 0. The minimum Gasteiger partial charge on any atom is -0.310 e. The van der Waals surface area contributed by atoms with Crippen molar-refractivity contribution in [3.05, 3.63) is 231 Å². The van der Waals surface area contributed by atoms with Crippen LogP contribution in [-0.4, -0.2) is 15.0 Å². The first kappa shape index (κ1) is 35.5. The lowest BCUT2D eigenvalue weighted by molar-refractivity contribution is 1.07. The van der Waals surface area contributed by atoms with Gasteiger partial charge in [-0.25, -0.2) is 15.0 Å². The molecule has 0 bridgehead atoms. The van der Waals surface area contributed by atoms with Crippen LogP contribution in [0.1, 0.15) is 0 Å². The quantitative estimate of drug-likeness (QED) is 0.147. The van der Waals surface area contributed by atoms with E-state index in [0.29, 0.717) is 17.5 Å². The fraction of sp³-hybridized carbons (Fsp3) is 0. The molecule has 9 aromatic carbocycles. The predicted molar refractivity (Wildman–Crippen MR) is 245 cm³/mol. The number of nitrogens with zero attached hydrogens (tertiary/aromatic N) is 4. The maximum atomic E-state index is 4.98. The Balaban J connectivity index is 1.04. The van der Waals surface area contributed by atoms with Crippen LogP contribution in [0.3, 0.4) is 0 Å². The Kier molecular flexibility index (Phi) is 9.55. The molecule has 10 aromatic rings. The van der Waals surface area contributed by atoms with Crippen molar-refractivity contribution in [2.75, 3.05) is 4.90 Å². The van der Waals surface area contributed by atoms with Gasteiger partial charge in [-0.1, -0.05) is 194 Å². The van der Waals surface area contributed by atoms with Gasteiger partial charge in [0.1, 0.15) is 0 Å². The molecule has 0 radical (unpaired) electrons. The average Bonchev–Trinajstić information content (AvgIpc) is 3.33. The fourth-order valence-electron chi connectivity index (χ4n) is 7.80. The smallest absolute Gasteiger partial charge is 0.164 e. The van der Waals surface area contributed by atoms with E-state index in [1.807, 2.05) is 60.7 Å². The van der Waals surface area contributed by atoms with Crippen molar-refractivity contribution in [3.63, 3.8) is 0 Å². The summed E-state index contributed by atoms with van der Waals surface area (Å²) in [5, 5.41) is 2.48. The molecule has 0 spiro atoms. The maximum Gasteiger partial charge on any atom is 0.164 e. The molecular weight excluding hydrogens is 717 g/mol. The van der Waals surface area contributed by atoms with Crippen LogP contribution < -0.4 is 4.90 Å². The van der Waals surface area contributed by atoms with Crippen LogP contribution >= 0.6 is 0 Å². The van der Waals surface area contributed by atoms with Gasteiger partial charge in [0.05, 0.1) is 5.69 Å². The van der Waals surface area contributed by atoms with E-state index in [0.717, 1.165) is 56.0 Å². The van der Waals surface area contributed by atoms with Gasteiger partial charge in [0, 0.05) is 33.6 Å². The Morgan fingerprint density at radius 3 is 1.34 bits per heavy atom. The highest BCUT2D eigenvalue weighted by Gasteiger charge is 2.18. The van der Waals surface area contributed by atoms with Gasteiger partial charge < -0.3 is 4.90 Å². The highest BCUT2D eigenvalue weighted by Crippen LogP contribution is 2.42. The van der Waals surface area contributed by atoms with E-state index in [1.165, 1.54) is 21.9 Å². The lowest BCUT2D eigenvalue weighted by atomic mass is 9.97. The van der Waals surface area contributed by atoms with E-state index in [1.54, 1.807) is 0 Å². The zero-order valence-electron chi connectivity index (χ0n) is 32.2. The van der Waals surface area contributed by atoms with Gasteiger partial charge in [-0.15, -0.1) is 0 Å². The van der Waals surface area contributed by atoms with E-state index in [2.05, 4.69) is 175 Å². The minimum absolute atomic E-state index is 0.631. The molecule has 0 N–H and O–H groups in total. The topological polar surface area (TPSA) is 41.9 Å². The SMILES string of the molecule is c1ccc(-c2nc(-c3ccccc3)nc(-c3cccc(-c4ccc(N(c5ccc(-c6cccc7ccccc67)cc5)c5ccccc5-c5ccccc5)cc4)c3)n2)cc1. The van der Waals surface area contributed by atoms with Crippen LogP contribution in [0.15, 0.2) is 231 Å². The second kappa shape index (κ2) is 15.9. The van der Waals surface area contributed by atoms with Crippen molar-refractivity contribution in [3.8, 4) is 67.5 Å². The van der Waals surface area contributed by atoms with Gasteiger partial charge >= 0.3 is 0 Å². The van der Waals surface area contributed by atoms with Crippen molar-refractivity contribution in [2.24, 2.45) is 0 Å². The molecule has 0 amide bonds. The Morgan fingerprint density at radius 1 is 0.271 bits per heavy atom. The molecule has 1 aromatic heterocycles. The van der Waals surface area contributed by atoms with Crippen LogP contribution in [-0.2, 0) is 0 Å². The van der Waals surface area contributed by atoms with Crippen molar-refractivity contribution in [2.45, 2.75) is 0 Å². The third-order valence-electron chi connectivity index (χ3n) is 10.7. The third-order valence-corrected chi connectivity index (χ3v) is 10.7. The molecule has 0 aliphatic heterocycles. The molecule has 59 heavy (non-hydrogen) atoms. The summed E-state index contributed by atoms with van der Waals surface area (Å²) in [4.78, 5) is 17.2. The Morgan fingerprint density at radius 2 is 0.695 bits per heavy atom. The summed E-state index contributed by atoms with van der Waals surface area (Å²) in [6.45, 7) is 0. The number of anilines is 3. The standard InChI is InChI=1S/C55H38N4/c1-4-16-41(17-5-1)51-27-12-13-29-52(51)59(48-36-32-42(33-37-48)50-28-15-23-40-18-10-11-26-49(40)50)47-34-30-39(31-35-47)45-24-14-25-46(38-45)55-57-53(43-19-6-2-7-20-43)56-54(58-55)44-21-8-3-9-22-44/h1-38H. The number of aromatic nitrogens is 3. The van der Waals surface area contributed by atoms with E-state index < -0.39 is 0 Å². The van der Waals surface area contributed by atoms with Crippen molar-refractivity contribution in [1.29, 1.82) is 0 Å². The molecule has 278 valence electrons. The predicted octanol–water partition coefficient (Wildman–Crippen LogP) is 14.5. The normalized spacial score (nSPS) is 11.1.